The summed E-state index contributed by atoms with van der Waals surface area (Å²) in [5.74, 6) is -0.513. The monoisotopic (exact) mass is 376 g/mol. The number of carbonyl (C=O) groups excluding carboxylic acids is 1. The maximum Gasteiger partial charge on any atom is 0.333 e. The Morgan fingerprint density at radius 3 is 2.41 bits per heavy atom. The van der Waals surface area contributed by atoms with Crippen molar-refractivity contribution in [1.82, 2.24) is 9.55 Å². The van der Waals surface area contributed by atoms with Gasteiger partial charge in [0.05, 0.1) is 12.5 Å². The number of hydrogen-bond donors (Lipinski definition) is 0. The van der Waals surface area contributed by atoms with Crippen molar-refractivity contribution >= 4 is 27.5 Å². The number of hydrogen-bond acceptors (Lipinski definition) is 5. The molecule has 1 unspecified atom stereocenters. The molecule has 0 radical (unpaired) electrons. The molecule has 1 atom stereocenters. The van der Waals surface area contributed by atoms with E-state index in [9.17, 15) is 9.59 Å². The second-order valence-corrected chi connectivity index (χ2v) is 6.85. The number of fused-ring (bicyclic) bond motifs is 1. The number of esters is 1. The Morgan fingerprint density at radius 1 is 1.07 bits per heavy atom. The van der Waals surface area contributed by atoms with E-state index in [-0.39, 0.29) is 5.56 Å². The SMILES string of the molecule is COC(=O)C(c1ccccc1)n1cnc2scc(-c3ccccc3)c2c1=O. The van der Waals surface area contributed by atoms with Gasteiger partial charge in [-0.15, -0.1) is 11.3 Å². The smallest absolute Gasteiger partial charge is 0.333 e. The summed E-state index contributed by atoms with van der Waals surface area (Å²) in [7, 11) is 1.31. The molecule has 0 bridgehead atoms. The van der Waals surface area contributed by atoms with E-state index in [0.29, 0.717) is 15.8 Å². The Morgan fingerprint density at radius 2 is 1.74 bits per heavy atom. The maximum absolute atomic E-state index is 13.3. The molecule has 2 aromatic carbocycles. The van der Waals surface area contributed by atoms with Crippen LogP contribution in [0.1, 0.15) is 11.6 Å². The quantitative estimate of drug-likeness (QED) is 0.507. The van der Waals surface area contributed by atoms with Crippen molar-refractivity contribution in [2.45, 2.75) is 6.04 Å². The molecular weight excluding hydrogens is 360 g/mol. The standard InChI is InChI=1S/C21H16N2O3S/c1-26-21(25)18(15-10-6-3-7-11-15)23-13-22-19-17(20(23)24)16(12-27-19)14-8-4-2-5-9-14/h2-13,18H,1H3. The molecule has 4 aromatic rings. The first kappa shape index (κ1) is 17.2. The largest absolute Gasteiger partial charge is 0.467 e. The molecule has 5 nitrogen and oxygen atoms in total. The number of carbonyl (C=O) groups is 1. The minimum Gasteiger partial charge on any atom is -0.467 e. The minimum atomic E-state index is -0.885. The topological polar surface area (TPSA) is 61.2 Å². The number of ether oxygens (including phenoxy) is 1. The molecule has 0 aliphatic rings. The number of thiophene rings is 1. The number of methoxy groups -OCH3 is 1. The first-order valence-corrected chi connectivity index (χ1v) is 9.25. The van der Waals surface area contributed by atoms with Gasteiger partial charge in [0, 0.05) is 10.9 Å². The lowest BCUT2D eigenvalue weighted by Gasteiger charge is -2.17. The van der Waals surface area contributed by atoms with Crippen molar-refractivity contribution in [1.29, 1.82) is 0 Å². The van der Waals surface area contributed by atoms with Gasteiger partial charge in [-0.2, -0.15) is 0 Å². The van der Waals surface area contributed by atoms with Gasteiger partial charge in [0.25, 0.3) is 5.56 Å². The number of nitrogens with zero attached hydrogens (tertiary/aromatic N) is 2. The highest BCUT2D eigenvalue weighted by Crippen LogP contribution is 2.31. The average molecular weight is 376 g/mol. The molecule has 0 saturated heterocycles. The molecular formula is C21H16N2O3S. The van der Waals surface area contributed by atoms with Crippen LogP contribution in [0, 0.1) is 0 Å². The Labute approximate surface area is 159 Å². The van der Waals surface area contributed by atoms with E-state index in [2.05, 4.69) is 4.98 Å². The summed E-state index contributed by atoms with van der Waals surface area (Å²) < 4.78 is 6.31. The van der Waals surface area contributed by atoms with Gasteiger partial charge < -0.3 is 4.74 Å². The summed E-state index contributed by atoms with van der Waals surface area (Å²) in [6.07, 6.45) is 1.42. The van der Waals surface area contributed by atoms with Crippen LogP contribution in [-0.2, 0) is 9.53 Å². The molecule has 2 aromatic heterocycles. The molecule has 0 spiro atoms. The predicted molar refractivity (Wildman–Crippen MR) is 106 cm³/mol. The highest BCUT2D eigenvalue weighted by atomic mass is 32.1. The third-order valence-corrected chi connectivity index (χ3v) is 5.31. The highest BCUT2D eigenvalue weighted by Gasteiger charge is 2.26. The highest BCUT2D eigenvalue weighted by molar-refractivity contribution is 7.17. The lowest BCUT2D eigenvalue weighted by atomic mass is 10.1. The maximum atomic E-state index is 13.3. The third kappa shape index (κ3) is 3.04. The Bertz CT molecular complexity index is 1150. The van der Waals surface area contributed by atoms with Crippen LogP contribution in [0.2, 0.25) is 0 Å². The Hall–Kier alpha value is -3.25. The van der Waals surface area contributed by atoms with E-state index >= 15 is 0 Å². The van der Waals surface area contributed by atoms with E-state index in [1.807, 2.05) is 53.9 Å². The molecule has 6 heteroatoms. The molecule has 4 rings (SSSR count). The van der Waals surface area contributed by atoms with E-state index in [1.165, 1.54) is 29.3 Å². The zero-order chi connectivity index (χ0) is 18.8. The summed E-state index contributed by atoms with van der Waals surface area (Å²) in [6, 6.07) is 17.9. The van der Waals surface area contributed by atoms with Gasteiger partial charge in [0.2, 0.25) is 0 Å². The summed E-state index contributed by atoms with van der Waals surface area (Å²) in [5, 5.41) is 2.44. The lowest BCUT2D eigenvalue weighted by Crippen LogP contribution is -2.31. The summed E-state index contributed by atoms with van der Waals surface area (Å²) >= 11 is 1.41. The fourth-order valence-electron chi connectivity index (χ4n) is 3.12. The van der Waals surface area contributed by atoms with Crippen molar-refractivity contribution in [2.75, 3.05) is 7.11 Å². The summed E-state index contributed by atoms with van der Waals surface area (Å²) in [6.45, 7) is 0. The second-order valence-electron chi connectivity index (χ2n) is 5.99. The van der Waals surface area contributed by atoms with Crippen molar-refractivity contribution in [3.8, 4) is 11.1 Å². The fourth-order valence-corrected chi connectivity index (χ4v) is 4.02. The number of rotatable bonds is 4. The van der Waals surface area contributed by atoms with Crippen LogP contribution in [0.5, 0.6) is 0 Å². The van der Waals surface area contributed by atoms with Gasteiger partial charge in [-0.3, -0.25) is 9.36 Å². The van der Waals surface area contributed by atoms with Crippen LogP contribution >= 0.6 is 11.3 Å². The van der Waals surface area contributed by atoms with Crippen LogP contribution in [-0.4, -0.2) is 22.6 Å². The van der Waals surface area contributed by atoms with Gasteiger partial charge in [0.1, 0.15) is 11.2 Å². The van der Waals surface area contributed by atoms with Crippen molar-refractivity contribution in [3.63, 3.8) is 0 Å². The number of aromatic nitrogens is 2. The average Bonchev–Trinajstić information content (AvgIpc) is 3.16. The van der Waals surface area contributed by atoms with Crippen molar-refractivity contribution < 1.29 is 9.53 Å². The summed E-state index contributed by atoms with van der Waals surface area (Å²) in [4.78, 5) is 30.9. The normalized spacial score (nSPS) is 12.0. The van der Waals surface area contributed by atoms with Gasteiger partial charge in [0.15, 0.2) is 6.04 Å². The van der Waals surface area contributed by atoms with Gasteiger partial charge >= 0.3 is 5.97 Å². The molecule has 0 fully saturated rings. The summed E-state index contributed by atoms with van der Waals surface area (Å²) in [5.41, 5.74) is 2.16. The predicted octanol–water partition coefficient (Wildman–Crippen LogP) is 3.89. The van der Waals surface area contributed by atoms with E-state index < -0.39 is 12.0 Å². The first-order chi connectivity index (χ1) is 13.2. The van der Waals surface area contributed by atoms with E-state index in [4.69, 9.17) is 4.74 Å². The molecule has 2 heterocycles. The van der Waals surface area contributed by atoms with Gasteiger partial charge in [-0.05, 0) is 11.1 Å². The van der Waals surface area contributed by atoms with Crippen LogP contribution in [0.3, 0.4) is 0 Å². The van der Waals surface area contributed by atoms with Crippen LogP contribution in [0.4, 0.5) is 0 Å². The molecule has 0 aliphatic heterocycles. The van der Waals surface area contributed by atoms with E-state index in [1.54, 1.807) is 12.1 Å². The molecule has 0 aliphatic carbocycles. The van der Waals surface area contributed by atoms with E-state index in [0.717, 1.165) is 11.1 Å². The van der Waals surface area contributed by atoms with Crippen LogP contribution < -0.4 is 5.56 Å². The van der Waals surface area contributed by atoms with Crippen LogP contribution in [0.25, 0.3) is 21.3 Å². The molecule has 0 N–H and O–H groups in total. The second kappa shape index (κ2) is 7.17. The molecule has 0 amide bonds. The fraction of sp³-hybridized carbons (Fsp3) is 0.0952. The first-order valence-electron chi connectivity index (χ1n) is 8.37. The molecule has 134 valence electrons. The van der Waals surface area contributed by atoms with Crippen molar-refractivity contribution in [3.05, 3.63) is 88.3 Å². The minimum absolute atomic E-state index is 0.264. The van der Waals surface area contributed by atoms with Gasteiger partial charge in [-0.1, -0.05) is 60.7 Å². The number of benzene rings is 2. The van der Waals surface area contributed by atoms with Gasteiger partial charge in [-0.25, -0.2) is 9.78 Å². The third-order valence-electron chi connectivity index (χ3n) is 4.42. The van der Waals surface area contributed by atoms with Crippen molar-refractivity contribution in [2.24, 2.45) is 0 Å². The zero-order valence-corrected chi connectivity index (χ0v) is 15.3. The zero-order valence-electron chi connectivity index (χ0n) is 14.5. The Kier molecular flexibility index (Phi) is 4.56. The lowest BCUT2D eigenvalue weighted by molar-refractivity contribution is -0.143. The van der Waals surface area contributed by atoms with Crippen LogP contribution in [0.15, 0.2) is 77.2 Å². The molecule has 27 heavy (non-hydrogen) atoms. The Balaban J connectivity index is 1.95. The molecule has 0 saturated carbocycles.